The number of aromatic nitrogens is 5. The number of hydrogen-bond acceptors (Lipinski definition) is 7. The third kappa shape index (κ3) is 4.50. The Morgan fingerprint density at radius 1 is 1.13 bits per heavy atom. The van der Waals surface area contributed by atoms with Gasteiger partial charge in [-0.1, -0.05) is 23.7 Å². The Balaban J connectivity index is 1.26. The third-order valence-corrected chi connectivity index (χ3v) is 7.05. The van der Waals surface area contributed by atoms with E-state index in [-0.39, 0.29) is 18.1 Å². The lowest BCUT2D eigenvalue weighted by molar-refractivity contribution is -0.134. The van der Waals surface area contributed by atoms with Crippen molar-refractivity contribution in [2.24, 2.45) is 4.99 Å². The molecule has 4 heterocycles. The minimum absolute atomic E-state index is 0.0985. The molecule has 0 radical (unpaired) electrons. The zero-order valence-corrected chi connectivity index (χ0v) is 20.8. The van der Waals surface area contributed by atoms with Gasteiger partial charge in [0.2, 0.25) is 0 Å². The average Bonchev–Trinajstić information content (AvgIpc) is 3.68. The normalized spacial score (nSPS) is 16.2. The van der Waals surface area contributed by atoms with E-state index < -0.39 is 5.97 Å². The van der Waals surface area contributed by atoms with Crippen LogP contribution in [-0.2, 0) is 11.2 Å². The van der Waals surface area contributed by atoms with Gasteiger partial charge in [0, 0.05) is 46.4 Å². The van der Waals surface area contributed by atoms with Gasteiger partial charge in [-0.2, -0.15) is 4.68 Å². The molecule has 6 rings (SSSR count). The number of pyridine rings is 1. The average molecular weight is 528 g/mol. The first-order valence-electron chi connectivity index (χ1n) is 12.1. The summed E-state index contributed by atoms with van der Waals surface area (Å²) in [7, 11) is 0. The molecule has 0 unspecified atom stereocenters. The van der Waals surface area contributed by atoms with Crippen LogP contribution in [0.4, 0.5) is 5.69 Å². The lowest BCUT2D eigenvalue weighted by atomic mass is 9.98. The van der Waals surface area contributed by atoms with E-state index in [0.717, 1.165) is 57.9 Å². The Hall–Kier alpha value is -4.57. The van der Waals surface area contributed by atoms with Crippen LogP contribution in [0.2, 0.25) is 5.02 Å². The zero-order valence-electron chi connectivity index (χ0n) is 20.1. The number of halogens is 1. The molecular weight excluding hydrogens is 506 g/mol. The number of rotatable bonds is 7. The van der Waals surface area contributed by atoms with Crippen LogP contribution in [0.5, 0.6) is 0 Å². The second kappa shape index (κ2) is 9.71. The van der Waals surface area contributed by atoms with Gasteiger partial charge in [-0.3, -0.25) is 14.6 Å². The number of fused-ring (bicyclic) bond motifs is 1. The number of nitrogens with zero attached hydrogens (tertiary/aromatic N) is 6. The summed E-state index contributed by atoms with van der Waals surface area (Å²) < 4.78 is 3.39. The van der Waals surface area contributed by atoms with Gasteiger partial charge in [0.25, 0.3) is 5.56 Å². The van der Waals surface area contributed by atoms with Crippen molar-refractivity contribution in [3.63, 3.8) is 0 Å². The molecule has 0 saturated heterocycles. The largest absolute Gasteiger partial charge is 0.480 e. The molecule has 0 saturated carbocycles. The maximum atomic E-state index is 13.4. The second-order valence-electron chi connectivity index (χ2n) is 9.19. The Kier molecular flexibility index (Phi) is 6.09. The van der Waals surface area contributed by atoms with Gasteiger partial charge in [-0.15, -0.1) is 5.10 Å². The van der Waals surface area contributed by atoms with Crippen molar-refractivity contribution in [3.8, 4) is 16.8 Å². The molecule has 0 spiro atoms. The molecule has 190 valence electrons. The molecule has 0 bridgehead atoms. The number of aryl methyl sites for hydroxylation is 1. The first-order chi connectivity index (χ1) is 18.5. The van der Waals surface area contributed by atoms with Crippen LogP contribution in [0, 0.1) is 0 Å². The molecule has 1 atom stereocenters. The lowest BCUT2D eigenvalue weighted by Gasteiger charge is -2.17. The fourth-order valence-corrected chi connectivity index (χ4v) is 5.28. The van der Waals surface area contributed by atoms with E-state index in [9.17, 15) is 9.59 Å². The lowest BCUT2D eigenvalue weighted by Crippen LogP contribution is -2.27. The number of aliphatic carboxylic acids is 1. The summed E-state index contributed by atoms with van der Waals surface area (Å²) in [6, 6.07) is 16.6. The molecule has 0 amide bonds. The molecule has 2 aliphatic heterocycles. The fraction of sp³-hybridized carbons (Fsp3) is 0.185. The monoisotopic (exact) mass is 527 g/mol. The van der Waals surface area contributed by atoms with Gasteiger partial charge in [0.05, 0.1) is 11.7 Å². The van der Waals surface area contributed by atoms with Crippen molar-refractivity contribution in [2.45, 2.75) is 25.3 Å². The first kappa shape index (κ1) is 23.8. The number of carboxylic acids is 1. The zero-order chi connectivity index (χ0) is 26.2. The standard InChI is InChI=1S/C27H22ClN7O3/c28-19-4-6-24(34-15-31-32-33-34)22(12-19)17-9-21-5-7-25(35(21)26(36)11-17)23-10-18(13-30-23)16-2-1-3-20(8-16)29-14-27(37)38/h1-4,6,8-9,11-13,15,25,29H,5,7,10,14H2,(H,37,38)/t25-/m0/s1. The Morgan fingerprint density at radius 2 is 2.03 bits per heavy atom. The van der Waals surface area contributed by atoms with Crippen LogP contribution in [-0.4, -0.2) is 48.1 Å². The van der Waals surface area contributed by atoms with Gasteiger partial charge in [-0.25, -0.2) is 0 Å². The van der Waals surface area contributed by atoms with Crippen molar-refractivity contribution < 1.29 is 9.90 Å². The van der Waals surface area contributed by atoms with Crippen LogP contribution in [0.25, 0.3) is 22.4 Å². The predicted octanol–water partition coefficient (Wildman–Crippen LogP) is 4.01. The van der Waals surface area contributed by atoms with Gasteiger partial charge in [0.1, 0.15) is 12.9 Å². The van der Waals surface area contributed by atoms with E-state index in [0.29, 0.717) is 11.4 Å². The van der Waals surface area contributed by atoms with Crippen molar-refractivity contribution in [3.05, 3.63) is 93.8 Å². The van der Waals surface area contributed by atoms with Crippen molar-refractivity contribution in [2.75, 3.05) is 11.9 Å². The van der Waals surface area contributed by atoms with Crippen LogP contribution in [0.3, 0.4) is 0 Å². The molecule has 0 fully saturated rings. The highest BCUT2D eigenvalue weighted by molar-refractivity contribution is 6.31. The molecule has 2 N–H and O–H groups in total. The minimum Gasteiger partial charge on any atom is -0.480 e. The quantitative estimate of drug-likeness (QED) is 0.371. The van der Waals surface area contributed by atoms with E-state index in [1.54, 1.807) is 16.8 Å². The minimum atomic E-state index is -0.920. The van der Waals surface area contributed by atoms with E-state index in [4.69, 9.17) is 21.7 Å². The van der Waals surface area contributed by atoms with Crippen LogP contribution < -0.4 is 10.9 Å². The van der Waals surface area contributed by atoms with Crippen molar-refractivity contribution in [1.29, 1.82) is 0 Å². The molecular formula is C27H22ClN7O3. The van der Waals surface area contributed by atoms with Gasteiger partial charge >= 0.3 is 5.97 Å². The number of nitrogens with one attached hydrogen (secondary N) is 1. The van der Waals surface area contributed by atoms with Crippen molar-refractivity contribution in [1.82, 2.24) is 24.8 Å². The molecule has 11 heteroatoms. The third-order valence-electron chi connectivity index (χ3n) is 6.82. The molecule has 0 aliphatic carbocycles. The molecule has 2 aliphatic rings. The maximum Gasteiger partial charge on any atom is 0.322 e. The highest BCUT2D eigenvalue weighted by Crippen LogP contribution is 2.36. The summed E-state index contributed by atoms with van der Waals surface area (Å²) in [5, 5.41) is 23.8. The van der Waals surface area contributed by atoms with E-state index in [1.807, 2.05) is 53.2 Å². The number of anilines is 1. The molecule has 10 nitrogen and oxygen atoms in total. The summed E-state index contributed by atoms with van der Waals surface area (Å²) in [5.74, 6) is -0.920. The maximum absolute atomic E-state index is 13.4. The second-order valence-corrected chi connectivity index (χ2v) is 9.63. The Labute approximate surface area is 221 Å². The molecule has 38 heavy (non-hydrogen) atoms. The SMILES string of the molecule is O=C(O)CNc1cccc(C2=CN=C([C@@H]3CCc4cc(-c5cc(Cl)ccc5-n5cnnn5)cc(=O)n43)C2)c1. The van der Waals surface area contributed by atoms with Gasteiger partial charge in [0.15, 0.2) is 0 Å². The van der Waals surface area contributed by atoms with Crippen LogP contribution >= 0.6 is 11.6 Å². The first-order valence-corrected chi connectivity index (χ1v) is 12.4. The number of carbonyl (C=O) groups is 1. The molecule has 2 aromatic carbocycles. The molecule has 2 aromatic heterocycles. The number of benzene rings is 2. The van der Waals surface area contributed by atoms with E-state index in [1.165, 1.54) is 6.33 Å². The smallest absolute Gasteiger partial charge is 0.322 e. The number of tetrazole rings is 1. The summed E-state index contributed by atoms with van der Waals surface area (Å²) in [5.41, 5.74) is 6.77. The number of allylic oxidation sites excluding steroid dienone is 1. The van der Waals surface area contributed by atoms with Crippen LogP contribution in [0.15, 0.2) is 76.9 Å². The summed E-state index contributed by atoms with van der Waals surface area (Å²) in [6.07, 6.45) is 5.50. The highest BCUT2D eigenvalue weighted by atomic mass is 35.5. The summed E-state index contributed by atoms with van der Waals surface area (Å²) in [6.45, 7) is -0.152. The highest BCUT2D eigenvalue weighted by Gasteiger charge is 2.30. The summed E-state index contributed by atoms with van der Waals surface area (Å²) >= 11 is 6.30. The number of hydrogen-bond donors (Lipinski definition) is 2. The van der Waals surface area contributed by atoms with Gasteiger partial charge in [-0.05, 0) is 76.4 Å². The fourth-order valence-electron chi connectivity index (χ4n) is 5.11. The van der Waals surface area contributed by atoms with Gasteiger partial charge < -0.3 is 15.0 Å². The topological polar surface area (TPSA) is 127 Å². The molecule has 4 aromatic rings. The summed E-state index contributed by atoms with van der Waals surface area (Å²) in [4.78, 5) is 29.0. The van der Waals surface area contributed by atoms with E-state index >= 15 is 0 Å². The number of aliphatic imine (C=N–C) groups is 1. The predicted molar refractivity (Wildman–Crippen MR) is 144 cm³/mol. The Morgan fingerprint density at radius 3 is 2.84 bits per heavy atom. The van der Waals surface area contributed by atoms with E-state index in [2.05, 4.69) is 20.8 Å². The Bertz CT molecular complexity index is 1670. The van der Waals surface area contributed by atoms with Crippen LogP contribution in [0.1, 0.15) is 30.1 Å². The van der Waals surface area contributed by atoms with Crippen molar-refractivity contribution >= 4 is 34.5 Å². The number of carboxylic acid groups (broad SMARTS) is 1.